The summed E-state index contributed by atoms with van der Waals surface area (Å²) in [6.07, 6.45) is 3.55. The number of amides is 3. The first-order valence-corrected chi connectivity index (χ1v) is 16.7. The van der Waals surface area contributed by atoms with Crippen LogP contribution in [0.1, 0.15) is 63.4 Å². The Labute approximate surface area is 270 Å². The van der Waals surface area contributed by atoms with Crippen LogP contribution >= 0.6 is 0 Å². The molecule has 0 radical (unpaired) electrons. The lowest BCUT2D eigenvalue weighted by Crippen LogP contribution is -2.56. The lowest BCUT2D eigenvalue weighted by atomic mass is 10.1. The van der Waals surface area contributed by atoms with E-state index in [9.17, 15) is 19.2 Å². The molecule has 2 saturated heterocycles. The van der Waals surface area contributed by atoms with E-state index in [0.29, 0.717) is 70.5 Å². The van der Waals surface area contributed by atoms with Gasteiger partial charge in [-0.25, -0.2) is 14.8 Å². The molecule has 4 atom stereocenters. The number of nitrogens with zero attached hydrogens (tertiary/aromatic N) is 5. The van der Waals surface area contributed by atoms with Gasteiger partial charge in [0.25, 0.3) is 5.91 Å². The summed E-state index contributed by atoms with van der Waals surface area (Å²) in [5.74, 6) is 0.637. The molecule has 248 valence electrons. The quantitative estimate of drug-likeness (QED) is 0.258. The van der Waals surface area contributed by atoms with Crippen molar-refractivity contribution in [1.82, 2.24) is 25.1 Å². The van der Waals surface area contributed by atoms with Crippen molar-refractivity contribution in [2.45, 2.75) is 58.9 Å². The maximum Gasteiger partial charge on any atom is 0.409 e. The standard InChI is InChI=1S/C34H46N6O6/c1-4-7-14-26(32(42)38-15-17-39(18-16-38)34(44)46-19-8-5-2)36-31(41)27-20-28(37-30(35-27)23-12-10-9-11-13-23)40-21-24-25(22-40)29(24)33(43)45-6-3/h9-13,20,24-26,29H,4-8,14-19,21-22H2,1-3H3,(H,36,41)/t24-,25+,26-,29?/m0/s1. The van der Waals surface area contributed by atoms with Gasteiger partial charge in [0.05, 0.1) is 19.1 Å². The van der Waals surface area contributed by atoms with Crippen molar-refractivity contribution in [2.24, 2.45) is 17.8 Å². The van der Waals surface area contributed by atoms with Gasteiger partial charge >= 0.3 is 12.1 Å². The summed E-state index contributed by atoms with van der Waals surface area (Å²) >= 11 is 0. The first-order valence-electron chi connectivity index (χ1n) is 16.7. The number of unbranched alkanes of at least 4 members (excludes halogenated alkanes) is 2. The first-order chi connectivity index (χ1) is 22.3. The monoisotopic (exact) mass is 634 g/mol. The highest BCUT2D eigenvalue weighted by Gasteiger charge is 2.60. The number of ether oxygens (including phenoxy) is 2. The molecular formula is C34H46N6O6. The van der Waals surface area contributed by atoms with Gasteiger partial charge in [0.1, 0.15) is 17.6 Å². The summed E-state index contributed by atoms with van der Waals surface area (Å²) in [6.45, 7) is 9.48. The van der Waals surface area contributed by atoms with E-state index in [4.69, 9.17) is 14.5 Å². The predicted molar refractivity (Wildman–Crippen MR) is 172 cm³/mol. The molecule has 3 fully saturated rings. The van der Waals surface area contributed by atoms with Gasteiger partial charge in [0.15, 0.2) is 5.82 Å². The zero-order valence-corrected chi connectivity index (χ0v) is 27.2. The molecule has 1 saturated carbocycles. The summed E-state index contributed by atoms with van der Waals surface area (Å²) in [5, 5.41) is 2.98. The molecule has 1 aromatic carbocycles. The number of aromatic nitrogens is 2. The molecule has 0 spiro atoms. The van der Waals surface area contributed by atoms with Crippen LogP contribution < -0.4 is 10.2 Å². The maximum absolute atomic E-state index is 13.8. The normalized spacial score (nSPS) is 20.9. The van der Waals surface area contributed by atoms with Crippen LogP contribution in [0, 0.1) is 17.8 Å². The van der Waals surface area contributed by atoms with E-state index in [2.05, 4.69) is 15.2 Å². The zero-order valence-electron chi connectivity index (χ0n) is 27.2. The molecule has 1 aromatic heterocycles. The lowest BCUT2D eigenvalue weighted by Gasteiger charge is -2.36. The molecule has 46 heavy (non-hydrogen) atoms. The minimum Gasteiger partial charge on any atom is -0.466 e. The van der Waals surface area contributed by atoms with Crippen molar-refractivity contribution in [2.75, 3.05) is 57.4 Å². The Morgan fingerprint density at radius 2 is 1.57 bits per heavy atom. The third-order valence-electron chi connectivity index (χ3n) is 9.08. The third kappa shape index (κ3) is 7.76. The molecule has 2 aromatic rings. The fourth-order valence-corrected chi connectivity index (χ4v) is 6.35. The molecule has 3 heterocycles. The predicted octanol–water partition coefficient (Wildman–Crippen LogP) is 3.76. The Hall–Kier alpha value is -4.22. The molecule has 3 amide bonds. The molecule has 3 aliphatic rings. The number of carbonyl (C=O) groups excluding carboxylic acids is 4. The van der Waals surface area contributed by atoms with Gasteiger partial charge in [0.2, 0.25) is 5.91 Å². The van der Waals surface area contributed by atoms with Gasteiger partial charge in [-0.15, -0.1) is 0 Å². The van der Waals surface area contributed by atoms with Crippen LogP contribution in [0.5, 0.6) is 0 Å². The summed E-state index contributed by atoms with van der Waals surface area (Å²) < 4.78 is 10.6. The summed E-state index contributed by atoms with van der Waals surface area (Å²) in [6, 6.07) is 10.4. The minimum atomic E-state index is -0.723. The van der Waals surface area contributed by atoms with Crippen molar-refractivity contribution in [3.8, 4) is 11.4 Å². The van der Waals surface area contributed by atoms with E-state index in [1.54, 1.807) is 15.9 Å². The number of piperazine rings is 1. The molecule has 5 rings (SSSR count). The van der Waals surface area contributed by atoms with Gasteiger partial charge in [-0.3, -0.25) is 14.4 Å². The van der Waals surface area contributed by atoms with Crippen LogP contribution in [-0.4, -0.2) is 102 Å². The van der Waals surface area contributed by atoms with E-state index in [1.807, 2.05) is 51.1 Å². The Morgan fingerprint density at radius 1 is 0.891 bits per heavy atom. The second-order valence-corrected chi connectivity index (χ2v) is 12.3. The summed E-state index contributed by atoms with van der Waals surface area (Å²) in [4.78, 5) is 67.1. The van der Waals surface area contributed by atoms with Crippen molar-refractivity contribution in [3.05, 3.63) is 42.1 Å². The second kappa shape index (κ2) is 15.4. The Bertz CT molecular complexity index is 1370. The fourth-order valence-electron chi connectivity index (χ4n) is 6.35. The number of benzene rings is 1. The van der Waals surface area contributed by atoms with Crippen molar-refractivity contribution >= 4 is 29.7 Å². The van der Waals surface area contributed by atoms with Gasteiger partial charge in [0, 0.05) is 50.9 Å². The van der Waals surface area contributed by atoms with Crippen LogP contribution in [0.3, 0.4) is 0 Å². The first kappa shape index (κ1) is 33.2. The van der Waals surface area contributed by atoms with Gasteiger partial charge in [-0.1, -0.05) is 63.4 Å². The van der Waals surface area contributed by atoms with E-state index in [0.717, 1.165) is 31.2 Å². The number of esters is 1. The maximum atomic E-state index is 13.8. The number of nitrogens with one attached hydrogen (secondary N) is 1. The van der Waals surface area contributed by atoms with Crippen molar-refractivity contribution < 1.29 is 28.7 Å². The van der Waals surface area contributed by atoms with Gasteiger partial charge in [-0.05, 0) is 31.6 Å². The molecule has 1 unspecified atom stereocenters. The van der Waals surface area contributed by atoms with Crippen LogP contribution in [0.15, 0.2) is 36.4 Å². The van der Waals surface area contributed by atoms with Crippen LogP contribution in [0.4, 0.5) is 10.6 Å². The topological polar surface area (TPSA) is 134 Å². The highest BCUT2D eigenvalue weighted by Crippen LogP contribution is 2.53. The number of carbonyl (C=O) groups is 4. The Morgan fingerprint density at radius 3 is 2.22 bits per heavy atom. The second-order valence-electron chi connectivity index (χ2n) is 12.3. The molecule has 12 nitrogen and oxygen atoms in total. The third-order valence-corrected chi connectivity index (χ3v) is 9.08. The molecule has 1 aliphatic carbocycles. The molecular weight excluding hydrogens is 588 g/mol. The molecule has 1 N–H and O–H groups in total. The van der Waals surface area contributed by atoms with Crippen molar-refractivity contribution in [1.29, 1.82) is 0 Å². The average molecular weight is 635 g/mol. The average Bonchev–Trinajstić information content (AvgIpc) is 3.59. The van der Waals surface area contributed by atoms with Gasteiger partial charge < -0.3 is 29.5 Å². The largest absolute Gasteiger partial charge is 0.466 e. The zero-order chi connectivity index (χ0) is 32.6. The van der Waals surface area contributed by atoms with Gasteiger partial charge in [-0.2, -0.15) is 0 Å². The smallest absolute Gasteiger partial charge is 0.409 e. The van der Waals surface area contributed by atoms with E-state index in [1.165, 1.54) is 0 Å². The van der Waals surface area contributed by atoms with Crippen LogP contribution in [0.25, 0.3) is 11.4 Å². The Kier molecular flexibility index (Phi) is 11.1. The fraction of sp³-hybridized carbons (Fsp3) is 0.588. The van der Waals surface area contributed by atoms with Crippen LogP contribution in [0.2, 0.25) is 0 Å². The molecule has 2 aliphatic heterocycles. The number of anilines is 1. The highest BCUT2D eigenvalue weighted by atomic mass is 16.6. The summed E-state index contributed by atoms with van der Waals surface area (Å²) in [7, 11) is 0. The molecule has 0 bridgehead atoms. The van der Waals surface area contributed by atoms with E-state index < -0.39 is 11.9 Å². The number of hydrogen-bond acceptors (Lipinski definition) is 9. The van der Waals surface area contributed by atoms with Crippen molar-refractivity contribution in [3.63, 3.8) is 0 Å². The van der Waals surface area contributed by atoms with E-state index in [-0.39, 0.29) is 41.4 Å². The SMILES string of the molecule is CCCCOC(=O)N1CCN(C(=O)[C@H](CCCC)NC(=O)c2cc(N3C[C@@H]4C(C(=O)OCC)[C@@H]4C3)nc(-c3ccccc3)n2)CC1. The molecule has 12 heteroatoms. The number of hydrogen-bond donors (Lipinski definition) is 1. The summed E-state index contributed by atoms with van der Waals surface area (Å²) in [5.41, 5.74) is 0.956. The number of piperidine rings is 1. The highest BCUT2D eigenvalue weighted by molar-refractivity contribution is 5.97. The Balaban J connectivity index is 1.28. The van der Waals surface area contributed by atoms with E-state index >= 15 is 0 Å². The number of fused-ring (bicyclic) bond motifs is 1. The number of rotatable bonds is 13. The van der Waals surface area contributed by atoms with Crippen LogP contribution in [-0.2, 0) is 19.1 Å². The lowest BCUT2D eigenvalue weighted by molar-refractivity contribution is -0.145. The minimum absolute atomic E-state index is 0.0756.